The largest absolute Gasteiger partial charge is 0.324 e. The lowest BCUT2D eigenvalue weighted by atomic mass is 9.84. The predicted octanol–water partition coefficient (Wildman–Crippen LogP) is 1.47. The first-order valence-corrected chi connectivity index (χ1v) is 7.29. The summed E-state index contributed by atoms with van der Waals surface area (Å²) in [5.41, 5.74) is 5.67. The van der Waals surface area contributed by atoms with Gasteiger partial charge in [-0.3, -0.25) is 0 Å². The summed E-state index contributed by atoms with van der Waals surface area (Å²) in [4.78, 5) is 0. The van der Waals surface area contributed by atoms with Crippen LogP contribution in [-0.4, -0.2) is 25.5 Å². The third-order valence-corrected chi connectivity index (χ3v) is 4.92. The zero-order valence-electron chi connectivity index (χ0n) is 8.96. The van der Waals surface area contributed by atoms with Crippen LogP contribution in [0.5, 0.6) is 0 Å². The first-order valence-electron chi connectivity index (χ1n) is 5.47. The Morgan fingerprint density at radius 2 is 1.79 bits per heavy atom. The Balaban J connectivity index is 2.57. The Morgan fingerprint density at radius 1 is 1.21 bits per heavy atom. The Hall–Kier alpha value is -0.0900. The lowest BCUT2D eigenvalue weighted by Gasteiger charge is -2.32. The lowest BCUT2D eigenvalue weighted by Crippen LogP contribution is -2.48. The molecule has 0 unspecified atom stereocenters. The topological polar surface area (TPSA) is 60.2 Å². The van der Waals surface area contributed by atoms with Gasteiger partial charge in [-0.15, -0.1) is 0 Å². The van der Waals surface area contributed by atoms with Crippen LogP contribution in [0.15, 0.2) is 0 Å². The average Bonchev–Trinajstić information content (AvgIpc) is 2.02. The van der Waals surface area contributed by atoms with E-state index in [9.17, 15) is 8.42 Å². The third kappa shape index (κ3) is 3.58. The minimum absolute atomic E-state index is 0.188. The van der Waals surface area contributed by atoms with E-state index in [0.29, 0.717) is 6.42 Å². The number of hydrogen-bond acceptors (Lipinski definition) is 3. The van der Waals surface area contributed by atoms with Gasteiger partial charge in [0.2, 0.25) is 0 Å². The van der Waals surface area contributed by atoms with Crippen LogP contribution in [0, 0.1) is 0 Å². The normalized spacial score (nSPS) is 22.1. The average molecular weight is 219 g/mol. The molecule has 0 amide bonds. The highest BCUT2D eigenvalue weighted by Crippen LogP contribution is 2.27. The summed E-state index contributed by atoms with van der Waals surface area (Å²) < 4.78 is 23.2. The fourth-order valence-electron chi connectivity index (χ4n) is 2.22. The first-order chi connectivity index (χ1) is 6.47. The molecule has 0 aromatic carbocycles. The van der Waals surface area contributed by atoms with Gasteiger partial charge in [0.1, 0.15) is 0 Å². The summed E-state index contributed by atoms with van der Waals surface area (Å²) in [5, 5.41) is 0. The van der Waals surface area contributed by atoms with E-state index >= 15 is 0 Å². The number of hydrogen-bond donors (Lipinski definition) is 1. The molecule has 1 rings (SSSR count). The molecule has 0 aliphatic heterocycles. The molecule has 4 heteroatoms. The molecule has 0 radical (unpaired) electrons. The van der Waals surface area contributed by atoms with Crippen molar-refractivity contribution in [2.24, 2.45) is 5.73 Å². The second-order valence-corrected chi connectivity index (χ2v) is 6.70. The molecule has 1 saturated carbocycles. The second kappa shape index (κ2) is 4.62. The van der Waals surface area contributed by atoms with E-state index in [1.807, 2.05) is 6.92 Å². The van der Waals surface area contributed by atoms with Gasteiger partial charge >= 0.3 is 0 Å². The number of sulfone groups is 1. The highest BCUT2D eigenvalue weighted by molar-refractivity contribution is 7.91. The van der Waals surface area contributed by atoms with Crippen LogP contribution in [0.2, 0.25) is 0 Å². The molecule has 1 aliphatic rings. The summed E-state index contributed by atoms with van der Waals surface area (Å²) >= 11 is 0. The van der Waals surface area contributed by atoms with Crippen molar-refractivity contribution in [3.05, 3.63) is 0 Å². The zero-order chi connectivity index (χ0) is 10.7. The van der Waals surface area contributed by atoms with Crippen LogP contribution >= 0.6 is 0 Å². The van der Waals surface area contributed by atoms with Crippen LogP contribution in [0.25, 0.3) is 0 Å². The van der Waals surface area contributed by atoms with Crippen LogP contribution in [0.4, 0.5) is 0 Å². The monoisotopic (exact) mass is 219 g/mol. The van der Waals surface area contributed by atoms with Crippen molar-refractivity contribution < 1.29 is 8.42 Å². The SMILES string of the molecule is CCCS(=O)(=O)CC1(N)CCCCC1. The van der Waals surface area contributed by atoms with Crippen LogP contribution in [-0.2, 0) is 9.84 Å². The molecule has 2 N–H and O–H groups in total. The minimum Gasteiger partial charge on any atom is -0.324 e. The summed E-state index contributed by atoms with van der Waals surface area (Å²) in [6.45, 7) is 1.89. The third-order valence-electron chi connectivity index (χ3n) is 2.87. The Kier molecular flexibility index (Phi) is 3.95. The fraction of sp³-hybridized carbons (Fsp3) is 1.00. The molecular weight excluding hydrogens is 198 g/mol. The second-order valence-electron chi connectivity index (χ2n) is 4.52. The molecule has 0 saturated heterocycles. The summed E-state index contributed by atoms with van der Waals surface area (Å²) in [5.74, 6) is 0.472. The lowest BCUT2D eigenvalue weighted by molar-refractivity contribution is 0.323. The number of rotatable bonds is 4. The fourth-order valence-corrected chi connectivity index (χ4v) is 4.15. The zero-order valence-corrected chi connectivity index (χ0v) is 9.78. The molecule has 0 spiro atoms. The van der Waals surface area contributed by atoms with Gasteiger partial charge in [-0.1, -0.05) is 26.2 Å². The summed E-state index contributed by atoms with van der Waals surface area (Å²) in [6, 6.07) is 0. The molecule has 84 valence electrons. The molecule has 1 fully saturated rings. The summed E-state index contributed by atoms with van der Waals surface area (Å²) in [6.07, 6.45) is 5.80. The van der Waals surface area contributed by atoms with E-state index < -0.39 is 15.4 Å². The van der Waals surface area contributed by atoms with Crippen molar-refractivity contribution in [2.75, 3.05) is 11.5 Å². The van der Waals surface area contributed by atoms with Crippen molar-refractivity contribution in [3.63, 3.8) is 0 Å². The first kappa shape index (κ1) is 12.0. The van der Waals surface area contributed by atoms with Gasteiger partial charge in [0, 0.05) is 11.3 Å². The van der Waals surface area contributed by atoms with Crippen LogP contribution < -0.4 is 5.73 Å². The maximum Gasteiger partial charge on any atom is 0.152 e. The van der Waals surface area contributed by atoms with Crippen molar-refractivity contribution in [3.8, 4) is 0 Å². The number of nitrogens with two attached hydrogens (primary N) is 1. The van der Waals surface area contributed by atoms with Gasteiger partial charge in [-0.2, -0.15) is 0 Å². The molecule has 0 heterocycles. The maximum absolute atomic E-state index is 11.6. The molecule has 1 aliphatic carbocycles. The summed E-state index contributed by atoms with van der Waals surface area (Å²) in [7, 11) is -2.91. The van der Waals surface area contributed by atoms with E-state index in [-0.39, 0.29) is 11.5 Å². The van der Waals surface area contributed by atoms with E-state index in [2.05, 4.69) is 0 Å². The molecule has 0 bridgehead atoms. The molecule has 3 nitrogen and oxygen atoms in total. The van der Waals surface area contributed by atoms with Crippen LogP contribution in [0.3, 0.4) is 0 Å². The van der Waals surface area contributed by atoms with Gasteiger partial charge in [0.15, 0.2) is 9.84 Å². The Morgan fingerprint density at radius 3 is 2.29 bits per heavy atom. The Bertz CT molecular complexity index is 266. The van der Waals surface area contributed by atoms with Gasteiger partial charge in [0.25, 0.3) is 0 Å². The maximum atomic E-state index is 11.6. The predicted molar refractivity (Wildman–Crippen MR) is 58.9 cm³/mol. The van der Waals surface area contributed by atoms with E-state index in [1.165, 1.54) is 6.42 Å². The molecular formula is C10H21NO2S. The molecule has 0 aromatic rings. The van der Waals surface area contributed by atoms with Crippen molar-refractivity contribution in [1.29, 1.82) is 0 Å². The quantitative estimate of drug-likeness (QED) is 0.779. The Labute approximate surface area is 87.0 Å². The molecule has 0 atom stereocenters. The van der Waals surface area contributed by atoms with Gasteiger partial charge in [-0.25, -0.2) is 8.42 Å². The molecule has 0 aromatic heterocycles. The van der Waals surface area contributed by atoms with Crippen LogP contribution in [0.1, 0.15) is 45.4 Å². The molecule has 14 heavy (non-hydrogen) atoms. The minimum atomic E-state index is -2.91. The van der Waals surface area contributed by atoms with Gasteiger partial charge < -0.3 is 5.73 Å². The highest BCUT2D eigenvalue weighted by Gasteiger charge is 2.32. The highest BCUT2D eigenvalue weighted by atomic mass is 32.2. The van der Waals surface area contributed by atoms with Gasteiger partial charge in [-0.05, 0) is 19.3 Å². The standard InChI is InChI=1S/C10H21NO2S/c1-2-8-14(12,13)9-10(11)6-4-3-5-7-10/h2-9,11H2,1H3. The van der Waals surface area contributed by atoms with Crippen molar-refractivity contribution in [1.82, 2.24) is 0 Å². The van der Waals surface area contributed by atoms with Gasteiger partial charge in [0.05, 0.1) is 5.75 Å². The van der Waals surface area contributed by atoms with E-state index in [0.717, 1.165) is 25.7 Å². The smallest absolute Gasteiger partial charge is 0.152 e. The van der Waals surface area contributed by atoms with Crippen molar-refractivity contribution in [2.45, 2.75) is 51.0 Å². The van der Waals surface area contributed by atoms with E-state index in [1.54, 1.807) is 0 Å². The van der Waals surface area contributed by atoms with Crippen molar-refractivity contribution >= 4 is 9.84 Å². The van der Waals surface area contributed by atoms with E-state index in [4.69, 9.17) is 5.73 Å².